The molecule has 0 heterocycles. The summed E-state index contributed by atoms with van der Waals surface area (Å²) >= 11 is 0. The molecule has 0 spiro atoms. The lowest BCUT2D eigenvalue weighted by atomic mass is 10.1. The van der Waals surface area contributed by atoms with Crippen LogP contribution in [0, 0.1) is 13.8 Å². The first-order chi connectivity index (χ1) is 28.9. The molecule has 0 aliphatic rings. The highest BCUT2D eigenvalue weighted by Gasteiger charge is 2.12. The monoisotopic (exact) mass is 820 g/mol. The maximum absolute atomic E-state index is 12.3. The van der Waals surface area contributed by atoms with Crippen molar-refractivity contribution in [2.24, 2.45) is 15.1 Å². The van der Waals surface area contributed by atoms with Gasteiger partial charge in [-0.25, -0.2) is 28.8 Å². The summed E-state index contributed by atoms with van der Waals surface area (Å²) in [5, 5.41) is 14.3. The van der Waals surface area contributed by atoms with Gasteiger partial charge in [-0.05, 0) is 123 Å². The summed E-state index contributed by atoms with van der Waals surface area (Å²) in [7, 11) is 0. The minimum Gasteiger partial charge on any atom is -0.410 e. The standard InChI is InChI=1S/C42H44N8O10/c1-27-9-15-33(23-37(27)45-25-51)47-41(55)57-35-17-11-31(12-18-35)29(3)49-59-39(53)43-21-7-5-6-8-22-44-40(54)60-50-30(4)32-13-19-36(20-14-32)58-42(56)48-34-16-10-28(2)38(24-34)46-26-52/h9-20,23-24,29,49H,5-8,21-22H2,1-4H3,(H,43,53)(H,44,54)(H,47,55)(H,48,56)/b50-30+. The number of isocyanates is 2. The van der Waals surface area contributed by atoms with E-state index in [0.29, 0.717) is 65.7 Å². The lowest BCUT2D eigenvalue weighted by Gasteiger charge is -2.15. The van der Waals surface area contributed by atoms with Crippen LogP contribution in [0.3, 0.4) is 0 Å². The van der Waals surface area contributed by atoms with Crippen LogP contribution in [0.25, 0.3) is 0 Å². The second-order valence-corrected chi connectivity index (χ2v) is 13.1. The van der Waals surface area contributed by atoms with E-state index in [1.54, 1.807) is 100 Å². The number of amides is 4. The molecule has 0 aliphatic heterocycles. The molecule has 0 fully saturated rings. The Balaban J connectivity index is 1.03. The molecule has 4 amide bonds. The predicted octanol–water partition coefficient (Wildman–Crippen LogP) is 8.46. The molecule has 0 bridgehead atoms. The number of hydroxylamine groups is 1. The normalized spacial score (nSPS) is 11.1. The minimum absolute atomic E-state index is 0.265. The summed E-state index contributed by atoms with van der Waals surface area (Å²) in [5.74, 6) is 0.555. The fourth-order valence-electron chi connectivity index (χ4n) is 5.23. The van der Waals surface area contributed by atoms with E-state index in [-0.39, 0.29) is 11.8 Å². The second-order valence-electron chi connectivity index (χ2n) is 13.1. The van der Waals surface area contributed by atoms with Crippen LogP contribution in [0.1, 0.15) is 67.8 Å². The van der Waals surface area contributed by atoms with Gasteiger partial charge in [0.25, 0.3) is 0 Å². The van der Waals surface area contributed by atoms with E-state index < -0.39 is 24.4 Å². The first-order valence-electron chi connectivity index (χ1n) is 18.7. The van der Waals surface area contributed by atoms with Gasteiger partial charge in [0.2, 0.25) is 12.2 Å². The van der Waals surface area contributed by atoms with Crippen molar-refractivity contribution in [2.45, 2.75) is 59.4 Å². The van der Waals surface area contributed by atoms with E-state index in [1.165, 1.54) is 24.3 Å². The lowest BCUT2D eigenvalue weighted by molar-refractivity contribution is 0.0718. The summed E-state index contributed by atoms with van der Waals surface area (Å²) in [6.07, 6.45) is 3.14. The number of ether oxygens (including phenoxy) is 2. The Morgan fingerprint density at radius 2 is 1.12 bits per heavy atom. The first-order valence-corrected chi connectivity index (χ1v) is 18.7. The third-order valence-electron chi connectivity index (χ3n) is 8.55. The highest BCUT2D eigenvalue weighted by molar-refractivity contribution is 5.98. The highest BCUT2D eigenvalue weighted by atomic mass is 16.7. The number of nitrogens with one attached hydrogen (secondary N) is 5. The molecule has 1 unspecified atom stereocenters. The van der Waals surface area contributed by atoms with Crippen molar-refractivity contribution in [3.63, 3.8) is 0 Å². The number of carbonyl (C=O) groups is 4. The topological polar surface area (TPSA) is 237 Å². The van der Waals surface area contributed by atoms with Crippen LogP contribution in [0.15, 0.2) is 100 Å². The van der Waals surface area contributed by atoms with Crippen LogP contribution in [0.4, 0.5) is 41.9 Å². The van der Waals surface area contributed by atoms with Crippen LogP contribution < -0.4 is 36.2 Å². The number of carbonyl (C=O) groups excluding carboxylic acids is 6. The molecule has 4 rings (SSSR count). The summed E-state index contributed by atoms with van der Waals surface area (Å²) in [6, 6.07) is 22.5. The molecular formula is C42H44N8O10. The molecular weight excluding hydrogens is 777 g/mol. The SMILES string of the molecule is C/C(=N\OC(=O)NCCCCCCNC(=O)ONC(C)c1ccc(OC(=O)Nc2ccc(C)c(N=C=O)c2)cc1)c1ccc(OC(=O)Nc2ccc(C)c(N=C=O)c2)cc1. The molecule has 312 valence electrons. The van der Waals surface area contributed by atoms with Crippen LogP contribution in [-0.2, 0) is 19.3 Å². The van der Waals surface area contributed by atoms with Gasteiger partial charge in [-0.3, -0.25) is 15.5 Å². The van der Waals surface area contributed by atoms with E-state index in [1.807, 2.05) is 0 Å². The van der Waals surface area contributed by atoms with Gasteiger partial charge in [0.1, 0.15) is 11.5 Å². The van der Waals surface area contributed by atoms with Gasteiger partial charge in [0.05, 0.1) is 23.1 Å². The zero-order valence-corrected chi connectivity index (χ0v) is 33.3. The third kappa shape index (κ3) is 15.4. The number of unbranched alkanes of at least 4 members (excludes halogenated alkanes) is 3. The van der Waals surface area contributed by atoms with Crippen molar-refractivity contribution in [2.75, 3.05) is 23.7 Å². The number of aryl methyl sites for hydroxylation is 2. The molecule has 0 radical (unpaired) electrons. The Kier molecular flexibility index (Phi) is 17.7. The third-order valence-corrected chi connectivity index (χ3v) is 8.55. The molecule has 60 heavy (non-hydrogen) atoms. The van der Waals surface area contributed by atoms with E-state index >= 15 is 0 Å². The number of hydrogen-bond donors (Lipinski definition) is 5. The van der Waals surface area contributed by atoms with Gasteiger partial charge in [0.15, 0.2) is 0 Å². The Morgan fingerprint density at radius 3 is 1.62 bits per heavy atom. The van der Waals surface area contributed by atoms with Crippen LogP contribution >= 0.6 is 0 Å². The number of benzene rings is 4. The van der Waals surface area contributed by atoms with Gasteiger partial charge in [-0.15, -0.1) is 5.48 Å². The zero-order valence-electron chi connectivity index (χ0n) is 33.3. The summed E-state index contributed by atoms with van der Waals surface area (Å²) in [5.41, 5.74) is 7.58. The quantitative estimate of drug-likeness (QED) is 0.0210. The number of hydrogen-bond acceptors (Lipinski definition) is 14. The zero-order chi connectivity index (χ0) is 43.3. The summed E-state index contributed by atoms with van der Waals surface area (Å²) < 4.78 is 10.6. The summed E-state index contributed by atoms with van der Waals surface area (Å²) in [6.45, 7) is 7.78. The van der Waals surface area contributed by atoms with Crippen molar-refractivity contribution in [3.8, 4) is 11.5 Å². The molecule has 0 aromatic heterocycles. The van der Waals surface area contributed by atoms with E-state index in [4.69, 9.17) is 19.1 Å². The number of aliphatic imine (C=N–C) groups is 2. The molecule has 18 nitrogen and oxygen atoms in total. The van der Waals surface area contributed by atoms with Gasteiger partial charge >= 0.3 is 24.4 Å². The number of nitrogens with zero attached hydrogens (tertiary/aromatic N) is 3. The number of oxime groups is 1. The average molecular weight is 821 g/mol. The van der Waals surface area contributed by atoms with Crippen molar-refractivity contribution in [1.29, 1.82) is 0 Å². The van der Waals surface area contributed by atoms with Gasteiger partial charge < -0.3 is 24.9 Å². The Hall–Kier alpha value is -7.65. The number of rotatable bonds is 18. The molecule has 4 aromatic carbocycles. The Bertz CT molecular complexity index is 2250. The molecule has 0 saturated heterocycles. The van der Waals surface area contributed by atoms with Crippen LogP contribution in [-0.4, -0.2) is 55.3 Å². The van der Waals surface area contributed by atoms with Gasteiger partial charge in [0, 0.05) is 24.5 Å². The van der Waals surface area contributed by atoms with E-state index in [0.717, 1.165) is 29.5 Å². The van der Waals surface area contributed by atoms with Crippen LogP contribution in [0.5, 0.6) is 11.5 Å². The predicted molar refractivity (Wildman–Crippen MR) is 221 cm³/mol. The fraction of sp³-hybridized carbons (Fsp3) is 0.262. The Labute approximate surface area is 345 Å². The molecule has 0 aliphatic carbocycles. The van der Waals surface area contributed by atoms with Crippen LogP contribution in [0.2, 0.25) is 0 Å². The molecule has 18 heteroatoms. The van der Waals surface area contributed by atoms with Gasteiger partial charge in [-0.2, -0.15) is 9.98 Å². The van der Waals surface area contributed by atoms with E-state index in [9.17, 15) is 28.8 Å². The van der Waals surface area contributed by atoms with Gasteiger partial charge in [-0.1, -0.05) is 42.3 Å². The maximum atomic E-state index is 12.3. The Morgan fingerprint density at radius 1 is 0.633 bits per heavy atom. The molecule has 5 N–H and O–H groups in total. The fourth-order valence-corrected chi connectivity index (χ4v) is 5.23. The van der Waals surface area contributed by atoms with Crippen molar-refractivity contribution in [1.82, 2.24) is 16.1 Å². The molecule has 4 aromatic rings. The maximum Gasteiger partial charge on any atom is 0.433 e. The van der Waals surface area contributed by atoms with E-state index in [2.05, 4.69) is 41.9 Å². The second kappa shape index (κ2) is 23.5. The number of anilines is 2. The van der Waals surface area contributed by atoms with Crippen molar-refractivity contribution < 1.29 is 47.9 Å². The lowest BCUT2D eigenvalue weighted by Crippen LogP contribution is -2.32. The summed E-state index contributed by atoms with van der Waals surface area (Å²) in [4.78, 5) is 87.4. The average Bonchev–Trinajstić information content (AvgIpc) is 3.23. The molecule has 0 saturated carbocycles. The largest absolute Gasteiger partial charge is 0.433 e. The van der Waals surface area contributed by atoms with Crippen molar-refractivity contribution >= 4 is 65.0 Å². The first kappa shape index (κ1) is 45.1. The molecule has 1 atom stereocenters. The smallest absolute Gasteiger partial charge is 0.410 e. The highest BCUT2D eigenvalue weighted by Crippen LogP contribution is 2.25. The van der Waals surface area contributed by atoms with Crippen molar-refractivity contribution in [3.05, 3.63) is 107 Å². The minimum atomic E-state index is -0.738.